The molecule has 0 saturated carbocycles. The maximum absolute atomic E-state index is 5.41. The van der Waals surface area contributed by atoms with Gasteiger partial charge in [-0.3, -0.25) is 0 Å². The second-order valence-electron chi connectivity index (χ2n) is 4.11. The van der Waals surface area contributed by atoms with Crippen molar-refractivity contribution in [2.24, 2.45) is 0 Å². The summed E-state index contributed by atoms with van der Waals surface area (Å²) in [7, 11) is 0. The molecule has 0 heterocycles. The van der Waals surface area contributed by atoms with Gasteiger partial charge < -0.3 is 10.1 Å². The molecule has 1 aromatic carbocycles. The van der Waals surface area contributed by atoms with Gasteiger partial charge in [-0.25, -0.2) is 0 Å². The average Bonchev–Trinajstić information content (AvgIpc) is 2.38. The first kappa shape index (κ1) is 13.9. The minimum atomic E-state index is 0.845. The van der Waals surface area contributed by atoms with Crippen LogP contribution in [0.2, 0.25) is 0 Å². The zero-order chi connectivity index (χ0) is 12.3. The van der Waals surface area contributed by atoms with Gasteiger partial charge in [0.2, 0.25) is 0 Å². The van der Waals surface area contributed by atoms with Crippen molar-refractivity contribution in [1.29, 1.82) is 0 Å². The summed E-state index contributed by atoms with van der Waals surface area (Å²) in [5.41, 5.74) is 2.35. The molecule has 1 aromatic rings. The average molecular weight is 233 g/mol. The standard InChI is InChI=1S/C15H23NO/c1-3-11-17-12-7-10-16-13-14(2)15-8-5-4-6-9-15/h4-6,8-9,16H,2-3,7,10-13H2,1H3. The molecule has 0 aliphatic carbocycles. The number of hydrogen-bond donors (Lipinski definition) is 1. The monoisotopic (exact) mass is 233 g/mol. The molecule has 94 valence electrons. The lowest BCUT2D eigenvalue weighted by molar-refractivity contribution is 0.132. The first-order valence-electron chi connectivity index (χ1n) is 6.36. The van der Waals surface area contributed by atoms with E-state index in [0.29, 0.717) is 0 Å². The molecule has 17 heavy (non-hydrogen) atoms. The van der Waals surface area contributed by atoms with Crippen LogP contribution in [0.1, 0.15) is 25.3 Å². The maximum atomic E-state index is 5.41. The molecule has 0 unspecified atom stereocenters. The number of hydrogen-bond acceptors (Lipinski definition) is 2. The van der Waals surface area contributed by atoms with Gasteiger partial charge >= 0.3 is 0 Å². The molecular formula is C15H23NO. The highest BCUT2D eigenvalue weighted by Gasteiger charge is 1.96. The van der Waals surface area contributed by atoms with Crippen molar-refractivity contribution >= 4 is 5.57 Å². The van der Waals surface area contributed by atoms with E-state index in [2.05, 4.69) is 31.0 Å². The molecule has 0 radical (unpaired) electrons. The molecule has 1 N–H and O–H groups in total. The van der Waals surface area contributed by atoms with E-state index in [9.17, 15) is 0 Å². The van der Waals surface area contributed by atoms with Crippen LogP contribution in [0.4, 0.5) is 0 Å². The van der Waals surface area contributed by atoms with E-state index < -0.39 is 0 Å². The molecule has 0 spiro atoms. The highest BCUT2D eigenvalue weighted by molar-refractivity contribution is 5.64. The topological polar surface area (TPSA) is 21.3 Å². The minimum absolute atomic E-state index is 0.845. The Bertz CT molecular complexity index is 308. The summed E-state index contributed by atoms with van der Waals surface area (Å²) < 4.78 is 5.41. The summed E-state index contributed by atoms with van der Waals surface area (Å²) in [5.74, 6) is 0. The third kappa shape index (κ3) is 6.25. The van der Waals surface area contributed by atoms with Crippen LogP contribution in [0.3, 0.4) is 0 Å². The van der Waals surface area contributed by atoms with Crippen molar-refractivity contribution in [2.75, 3.05) is 26.3 Å². The molecule has 0 aromatic heterocycles. The molecule has 0 aliphatic rings. The largest absolute Gasteiger partial charge is 0.381 e. The molecule has 0 amide bonds. The number of rotatable bonds is 9. The van der Waals surface area contributed by atoms with Crippen LogP contribution >= 0.6 is 0 Å². The fraction of sp³-hybridized carbons (Fsp3) is 0.467. The van der Waals surface area contributed by atoms with Gasteiger partial charge in [0.1, 0.15) is 0 Å². The Hall–Kier alpha value is -1.12. The summed E-state index contributed by atoms with van der Waals surface area (Å²) in [6.07, 6.45) is 2.15. The second-order valence-corrected chi connectivity index (χ2v) is 4.11. The fourth-order valence-electron chi connectivity index (χ4n) is 1.56. The van der Waals surface area contributed by atoms with Gasteiger partial charge in [0, 0.05) is 19.8 Å². The minimum Gasteiger partial charge on any atom is -0.381 e. The lowest BCUT2D eigenvalue weighted by Gasteiger charge is -2.08. The quantitative estimate of drug-likeness (QED) is 0.662. The summed E-state index contributed by atoms with van der Waals surface area (Å²) in [6, 6.07) is 10.3. The lowest BCUT2D eigenvalue weighted by Crippen LogP contribution is -2.19. The Kier molecular flexibility index (Phi) is 7.35. The van der Waals surface area contributed by atoms with Crippen LogP contribution in [-0.2, 0) is 4.74 Å². The van der Waals surface area contributed by atoms with Gasteiger partial charge in [0.05, 0.1) is 0 Å². The van der Waals surface area contributed by atoms with Crippen LogP contribution in [0.25, 0.3) is 5.57 Å². The Labute approximate surface area is 105 Å². The van der Waals surface area contributed by atoms with Gasteiger partial charge in [-0.2, -0.15) is 0 Å². The number of benzene rings is 1. The predicted octanol–water partition coefficient (Wildman–Crippen LogP) is 3.11. The normalized spacial score (nSPS) is 10.4. The predicted molar refractivity (Wildman–Crippen MR) is 74.1 cm³/mol. The first-order valence-corrected chi connectivity index (χ1v) is 6.36. The van der Waals surface area contributed by atoms with Crippen LogP contribution < -0.4 is 5.32 Å². The molecule has 2 nitrogen and oxygen atoms in total. The van der Waals surface area contributed by atoms with Crippen LogP contribution in [-0.4, -0.2) is 26.3 Å². The third-order valence-corrected chi connectivity index (χ3v) is 2.51. The molecular weight excluding hydrogens is 210 g/mol. The fourth-order valence-corrected chi connectivity index (χ4v) is 1.56. The summed E-state index contributed by atoms with van der Waals surface area (Å²) >= 11 is 0. The zero-order valence-corrected chi connectivity index (χ0v) is 10.7. The van der Waals surface area contributed by atoms with Gasteiger partial charge in [-0.15, -0.1) is 0 Å². The van der Waals surface area contributed by atoms with E-state index in [0.717, 1.165) is 44.7 Å². The molecule has 2 heteroatoms. The van der Waals surface area contributed by atoms with E-state index in [1.807, 2.05) is 18.2 Å². The Balaban J connectivity index is 2.05. The van der Waals surface area contributed by atoms with Gasteiger partial charge in [0.25, 0.3) is 0 Å². The van der Waals surface area contributed by atoms with Crippen molar-refractivity contribution in [2.45, 2.75) is 19.8 Å². The highest BCUT2D eigenvalue weighted by Crippen LogP contribution is 2.09. The SMILES string of the molecule is C=C(CNCCCOCCC)c1ccccc1. The van der Waals surface area contributed by atoms with Crippen LogP contribution in [0.5, 0.6) is 0 Å². The first-order chi connectivity index (χ1) is 8.34. The van der Waals surface area contributed by atoms with E-state index in [4.69, 9.17) is 4.74 Å². The van der Waals surface area contributed by atoms with Gasteiger partial charge in [-0.05, 0) is 30.5 Å². The van der Waals surface area contributed by atoms with E-state index in [1.54, 1.807) is 0 Å². The Morgan fingerprint density at radius 1 is 1.24 bits per heavy atom. The van der Waals surface area contributed by atoms with Crippen molar-refractivity contribution in [1.82, 2.24) is 5.32 Å². The van der Waals surface area contributed by atoms with Crippen molar-refractivity contribution in [3.63, 3.8) is 0 Å². The molecule has 0 atom stereocenters. The summed E-state index contributed by atoms with van der Waals surface area (Å²) in [4.78, 5) is 0. The molecule has 0 bridgehead atoms. The molecule has 1 rings (SSSR count). The second kappa shape index (κ2) is 8.97. The van der Waals surface area contributed by atoms with Gasteiger partial charge in [-0.1, -0.05) is 43.8 Å². The Morgan fingerprint density at radius 3 is 2.71 bits per heavy atom. The van der Waals surface area contributed by atoms with Crippen molar-refractivity contribution in [3.05, 3.63) is 42.5 Å². The lowest BCUT2D eigenvalue weighted by atomic mass is 10.1. The number of nitrogens with one attached hydrogen (secondary N) is 1. The van der Waals surface area contributed by atoms with Gasteiger partial charge in [0.15, 0.2) is 0 Å². The molecule has 0 saturated heterocycles. The molecule has 0 fully saturated rings. The highest BCUT2D eigenvalue weighted by atomic mass is 16.5. The number of ether oxygens (including phenoxy) is 1. The van der Waals surface area contributed by atoms with Crippen LogP contribution in [0, 0.1) is 0 Å². The molecule has 0 aliphatic heterocycles. The zero-order valence-electron chi connectivity index (χ0n) is 10.7. The smallest absolute Gasteiger partial charge is 0.0478 e. The van der Waals surface area contributed by atoms with Crippen molar-refractivity contribution < 1.29 is 4.74 Å². The van der Waals surface area contributed by atoms with E-state index in [1.165, 1.54) is 5.56 Å². The Morgan fingerprint density at radius 2 is 2.00 bits per heavy atom. The van der Waals surface area contributed by atoms with E-state index >= 15 is 0 Å². The summed E-state index contributed by atoms with van der Waals surface area (Å²) in [5, 5.41) is 3.38. The summed E-state index contributed by atoms with van der Waals surface area (Å²) in [6.45, 7) is 9.75. The van der Waals surface area contributed by atoms with Crippen LogP contribution in [0.15, 0.2) is 36.9 Å². The van der Waals surface area contributed by atoms with E-state index in [-0.39, 0.29) is 0 Å². The van der Waals surface area contributed by atoms with Crippen molar-refractivity contribution in [3.8, 4) is 0 Å². The maximum Gasteiger partial charge on any atom is 0.0478 e. The third-order valence-electron chi connectivity index (χ3n) is 2.51.